The highest BCUT2D eigenvalue weighted by atomic mass is 35.5. The summed E-state index contributed by atoms with van der Waals surface area (Å²) in [6.07, 6.45) is 2.16. The molecule has 0 heterocycles. The van der Waals surface area contributed by atoms with Crippen LogP contribution >= 0.6 is 23.2 Å². The molecule has 0 fully saturated rings. The third kappa shape index (κ3) is 7.06. The van der Waals surface area contributed by atoms with Gasteiger partial charge in [0.1, 0.15) is 11.6 Å². The molecule has 0 aromatic carbocycles. The van der Waals surface area contributed by atoms with Gasteiger partial charge in [0.25, 0.3) is 5.91 Å². The number of carbonyl (C=O) groups excluding carboxylic acids is 1. The van der Waals surface area contributed by atoms with Crippen LogP contribution in [0.25, 0.3) is 0 Å². The second-order valence-electron chi connectivity index (χ2n) is 2.61. The van der Waals surface area contributed by atoms with Gasteiger partial charge in [-0.15, -0.1) is 23.2 Å². The first-order valence-electron chi connectivity index (χ1n) is 4.50. The maximum absolute atomic E-state index is 11.3. The van der Waals surface area contributed by atoms with Crippen LogP contribution in [0, 0.1) is 11.3 Å². The highest BCUT2D eigenvalue weighted by Crippen LogP contribution is 1.90. The fourth-order valence-corrected chi connectivity index (χ4v) is 0.976. The largest absolute Gasteiger partial charge is 0.390 e. The van der Waals surface area contributed by atoms with Crippen molar-refractivity contribution in [3.05, 3.63) is 11.8 Å². The lowest BCUT2D eigenvalue weighted by Gasteiger charge is -2.02. The molecule has 0 aliphatic rings. The second-order valence-corrected chi connectivity index (χ2v) is 3.37. The van der Waals surface area contributed by atoms with Crippen LogP contribution in [0.2, 0.25) is 0 Å². The van der Waals surface area contributed by atoms with Gasteiger partial charge in [-0.3, -0.25) is 4.79 Å². The minimum absolute atomic E-state index is 0.0367. The molecule has 1 amide bonds. The summed E-state index contributed by atoms with van der Waals surface area (Å²) in [6, 6.07) is 1.80. The van der Waals surface area contributed by atoms with E-state index in [1.54, 1.807) is 6.07 Å². The summed E-state index contributed by atoms with van der Waals surface area (Å²) in [5.41, 5.74) is 0.0367. The number of hydrogen-bond donors (Lipinski definition) is 2. The van der Waals surface area contributed by atoms with Gasteiger partial charge in [-0.1, -0.05) is 0 Å². The van der Waals surface area contributed by atoms with E-state index in [1.807, 2.05) is 0 Å². The Morgan fingerprint density at radius 3 is 2.60 bits per heavy atom. The van der Waals surface area contributed by atoms with Crippen molar-refractivity contribution >= 4 is 29.1 Å². The first-order valence-corrected chi connectivity index (χ1v) is 5.57. The number of carbonyl (C=O) groups is 1. The molecule has 0 bridgehead atoms. The van der Waals surface area contributed by atoms with Gasteiger partial charge in [0, 0.05) is 31.0 Å². The predicted molar refractivity (Wildman–Crippen MR) is 60.8 cm³/mol. The summed E-state index contributed by atoms with van der Waals surface area (Å²) in [7, 11) is 0. The van der Waals surface area contributed by atoms with Crippen molar-refractivity contribution in [3.8, 4) is 6.07 Å². The quantitative estimate of drug-likeness (QED) is 0.306. The standard InChI is InChI=1S/C9H13Cl2N3O/c10-2-1-4-13-7-8(6-12)9(15)14-5-3-11/h7,13H,1-5H2,(H,14,15)/b8-7-. The van der Waals surface area contributed by atoms with E-state index < -0.39 is 5.91 Å². The molecule has 0 aromatic heterocycles. The number of hydrogen-bond acceptors (Lipinski definition) is 3. The van der Waals surface area contributed by atoms with Gasteiger partial charge in [0.05, 0.1) is 0 Å². The van der Waals surface area contributed by atoms with Crippen molar-refractivity contribution in [1.29, 1.82) is 5.26 Å². The number of nitrogens with zero attached hydrogens (tertiary/aromatic N) is 1. The van der Waals surface area contributed by atoms with Crippen molar-refractivity contribution in [3.63, 3.8) is 0 Å². The normalized spacial score (nSPS) is 10.6. The van der Waals surface area contributed by atoms with E-state index >= 15 is 0 Å². The molecule has 0 aliphatic carbocycles. The van der Waals surface area contributed by atoms with Gasteiger partial charge in [-0.25, -0.2) is 0 Å². The molecule has 6 heteroatoms. The van der Waals surface area contributed by atoms with Crippen molar-refractivity contribution in [2.24, 2.45) is 0 Å². The molecule has 0 rings (SSSR count). The molecule has 0 aromatic rings. The zero-order valence-corrected chi connectivity index (χ0v) is 9.74. The molecule has 0 radical (unpaired) electrons. The number of halogens is 2. The first kappa shape index (κ1) is 14.1. The van der Waals surface area contributed by atoms with E-state index in [1.165, 1.54) is 6.20 Å². The van der Waals surface area contributed by atoms with Crippen LogP contribution in [0.1, 0.15) is 6.42 Å². The van der Waals surface area contributed by atoms with E-state index in [-0.39, 0.29) is 5.57 Å². The lowest BCUT2D eigenvalue weighted by atomic mass is 10.3. The molecule has 0 spiro atoms. The Balaban J connectivity index is 4.00. The first-order chi connectivity index (χ1) is 7.26. The lowest BCUT2D eigenvalue weighted by molar-refractivity contribution is -0.117. The molecule has 15 heavy (non-hydrogen) atoms. The Bertz CT molecular complexity index is 261. The molecule has 0 atom stereocenters. The molecule has 0 unspecified atom stereocenters. The van der Waals surface area contributed by atoms with Crippen molar-refractivity contribution < 1.29 is 4.79 Å². The molecule has 0 saturated heterocycles. The SMILES string of the molecule is N#C/C(=C/NCCCCl)C(=O)NCCCl. The van der Waals surface area contributed by atoms with Gasteiger partial charge in [-0.2, -0.15) is 5.26 Å². The third-order valence-electron chi connectivity index (χ3n) is 1.45. The molecule has 84 valence electrons. The fraction of sp³-hybridized carbons (Fsp3) is 0.556. The Morgan fingerprint density at radius 2 is 2.07 bits per heavy atom. The molecule has 4 nitrogen and oxygen atoms in total. The molecule has 0 aliphatic heterocycles. The van der Waals surface area contributed by atoms with Gasteiger partial charge < -0.3 is 10.6 Å². The van der Waals surface area contributed by atoms with Gasteiger partial charge in [0.15, 0.2) is 0 Å². The maximum atomic E-state index is 11.3. The molecule has 0 saturated carbocycles. The van der Waals surface area contributed by atoms with Crippen molar-refractivity contribution in [2.75, 3.05) is 24.8 Å². The summed E-state index contributed by atoms with van der Waals surface area (Å²) in [5, 5.41) is 14.0. The van der Waals surface area contributed by atoms with Crippen LogP contribution in [-0.4, -0.2) is 30.8 Å². The predicted octanol–water partition coefficient (Wildman–Crippen LogP) is 0.967. The monoisotopic (exact) mass is 249 g/mol. The Morgan fingerprint density at radius 1 is 1.33 bits per heavy atom. The topological polar surface area (TPSA) is 64.9 Å². The second kappa shape index (κ2) is 9.63. The van der Waals surface area contributed by atoms with Crippen LogP contribution in [0.3, 0.4) is 0 Å². The van der Waals surface area contributed by atoms with E-state index in [0.29, 0.717) is 24.8 Å². The summed E-state index contributed by atoms with van der Waals surface area (Å²) in [4.78, 5) is 11.3. The smallest absolute Gasteiger partial charge is 0.263 e. The summed E-state index contributed by atoms with van der Waals surface area (Å²) < 4.78 is 0. The van der Waals surface area contributed by atoms with Crippen LogP contribution in [0.15, 0.2) is 11.8 Å². The van der Waals surface area contributed by atoms with Crippen LogP contribution in [-0.2, 0) is 4.79 Å². The number of alkyl halides is 2. The summed E-state index contributed by atoms with van der Waals surface area (Å²) >= 11 is 10.9. The zero-order valence-electron chi connectivity index (χ0n) is 8.22. The minimum Gasteiger partial charge on any atom is -0.390 e. The van der Waals surface area contributed by atoms with Crippen molar-refractivity contribution in [1.82, 2.24) is 10.6 Å². The number of amides is 1. The van der Waals surface area contributed by atoms with Gasteiger partial charge in [0.2, 0.25) is 0 Å². The highest BCUT2D eigenvalue weighted by molar-refractivity contribution is 6.18. The maximum Gasteiger partial charge on any atom is 0.263 e. The van der Waals surface area contributed by atoms with E-state index in [4.69, 9.17) is 28.5 Å². The fourth-order valence-electron chi connectivity index (χ4n) is 0.748. The van der Waals surface area contributed by atoms with E-state index in [9.17, 15) is 4.79 Å². The Labute approximate surface area is 99.2 Å². The molecule has 2 N–H and O–H groups in total. The zero-order chi connectivity index (χ0) is 11.5. The average molecular weight is 250 g/mol. The minimum atomic E-state index is -0.420. The molecular formula is C9H13Cl2N3O. The van der Waals surface area contributed by atoms with Crippen LogP contribution in [0.5, 0.6) is 0 Å². The van der Waals surface area contributed by atoms with E-state index in [0.717, 1.165) is 6.42 Å². The molecular weight excluding hydrogens is 237 g/mol. The van der Waals surface area contributed by atoms with Gasteiger partial charge >= 0.3 is 0 Å². The van der Waals surface area contributed by atoms with Crippen molar-refractivity contribution in [2.45, 2.75) is 6.42 Å². The number of nitriles is 1. The van der Waals surface area contributed by atoms with Crippen LogP contribution in [0.4, 0.5) is 0 Å². The Hall–Kier alpha value is -0.920. The van der Waals surface area contributed by atoms with Gasteiger partial charge in [-0.05, 0) is 6.42 Å². The lowest BCUT2D eigenvalue weighted by Crippen LogP contribution is -2.27. The van der Waals surface area contributed by atoms with Crippen LogP contribution < -0.4 is 10.6 Å². The average Bonchev–Trinajstić information content (AvgIpc) is 2.26. The number of rotatable bonds is 7. The number of nitrogens with one attached hydrogen (secondary N) is 2. The third-order valence-corrected chi connectivity index (χ3v) is 1.90. The Kier molecular flexibility index (Phi) is 9.04. The summed E-state index contributed by atoms with van der Waals surface area (Å²) in [6.45, 7) is 0.985. The van der Waals surface area contributed by atoms with E-state index in [2.05, 4.69) is 10.6 Å². The summed E-state index contributed by atoms with van der Waals surface area (Å²) in [5.74, 6) is 0.446. The highest BCUT2D eigenvalue weighted by Gasteiger charge is 2.06.